The first-order chi connectivity index (χ1) is 7.04. The highest BCUT2D eigenvalue weighted by atomic mass is 16.4. The van der Waals surface area contributed by atoms with E-state index >= 15 is 0 Å². The molecule has 0 aliphatic heterocycles. The van der Waals surface area contributed by atoms with Crippen LogP contribution >= 0.6 is 0 Å². The van der Waals surface area contributed by atoms with Crippen molar-refractivity contribution in [1.29, 1.82) is 0 Å². The van der Waals surface area contributed by atoms with E-state index in [2.05, 4.69) is 5.32 Å². The average molecular weight is 213 g/mol. The third-order valence-corrected chi connectivity index (χ3v) is 3.11. The van der Waals surface area contributed by atoms with Gasteiger partial charge in [0.2, 0.25) is 5.91 Å². The molecular weight excluding hydrogens is 194 g/mol. The quantitative estimate of drug-likeness (QED) is 0.658. The molecule has 0 unspecified atom stereocenters. The van der Waals surface area contributed by atoms with E-state index in [1.54, 1.807) is 0 Å². The fourth-order valence-electron chi connectivity index (χ4n) is 1.75. The number of amides is 1. The minimum Gasteiger partial charge on any atom is -0.481 e. The lowest BCUT2D eigenvalue weighted by Crippen LogP contribution is -2.43. The third kappa shape index (κ3) is 3.53. The molecule has 0 spiro atoms. The SMILES string of the molecule is CC1(C(=O)NCCCCC(=O)O)CCC1. The Kier molecular flexibility index (Phi) is 4.12. The molecule has 1 fully saturated rings. The molecule has 0 aromatic carbocycles. The number of hydrogen-bond acceptors (Lipinski definition) is 2. The molecule has 1 aliphatic rings. The van der Waals surface area contributed by atoms with Crippen LogP contribution < -0.4 is 5.32 Å². The van der Waals surface area contributed by atoms with Crippen LogP contribution in [-0.2, 0) is 9.59 Å². The third-order valence-electron chi connectivity index (χ3n) is 3.11. The van der Waals surface area contributed by atoms with Crippen LogP contribution in [0.1, 0.15) is 45.4 Å². The minimum absolute atomic E-state index is 0.129. The van der Waals surface area contributed by atoms with Crippen molar-refractivity contribution in [2.45, 2.75) is 45.4 Å². The monoisotopic (exact) mass is 213 g/mol. The molecule has 1 rings (SSSR count). The van der Waals surface area contributed by atoms with Crippen LogP contribution in [0, 0.1) is 5.41 Å². The maximum atomic E-state index is 11.6. The predicted molar refractivity (Wildman–Crippen MR) is 56.5 cm³/mol. The van der Waals surface area contributed by atoms with Crippen molar-refractivity contribution < 1.29 is 14.7 Å². The number of carbonyl (C=O) groups is 2. The Bertz CT molecular complexity index is 246. The maximum absolute atomic E-state index is 11.6. The van der Waals surface area contributed by atoms with Gasteiger partial charge in [-0.1, -0.05) is 13.3 Å². The van der Waals surface area contributed by atoms with Crippen LogP contribution in [0.2, 0.25) is 0 Å². The van der Waals surface area contributed by atoms with Crippen LogP contribution in [0.25, 0.3) is 0 Å². The van der Waals surface area contributed by atoms with Crippen molar-refractivity contribution >= 4 is 11.9 Å². The Morgan fingerprint density at radius 2 is 2.00 bits per heavy atom. The lowest BCUT2D eigenvalue weighted by molar-refractivity contribution is -0.137. The summed E-state index contributed by atoms with van der Waals surface area (Å²) in [5, 5.41) is 11.3. The van der Waals surface area contributed by atoms with E-state index < -0.39 is 5.97 Å². The topological polar surface area (TPSA) is 66.4 Å². The van der Waals surface area contributed by atoms with Gasteiger partial charge in [0.15, 0.2) is 0 Å². The van der Waals surface area contributed by atoms with Gasteiger partial charge in [0.25, 0.3) is 0 Å². The first-order valence-electron chi connectivity index (χ1n) is 5.55. The molecule has 0 heterocycles. The van der Waals surface area contributed by atoms with E-state index in [4.69, 9.17) is 5.11 Å². The van der Waals surface area contributed by atoms with Crippen molar-refractivity contribution in [3.05, 3.63) is 0 Å². The van der Waals surface area contributed by atoms with Crippen LogP contribution in [0.5, 0.6) is 0 Å². The number of unbranched alkanes of at least 4 members (excludes halogenated alkanes) is 1. The van der Waals surface area contributed by atoms with Crippen LogP contribution in [0.15, 0.2) is 0 Å². The van der Waals surface area contributed by atoms with Crippen molar-refractivity contribution in [2.24, 2.45) is 5.41 Å². The summed E-state index contributed by atoms with van der Waals surface area (Å²) in [5.74, 6) is -0.642. The number of carboxylic acid groups (broad SMARTS) is 1. The van der Waals surface area contributed by atoms with Crippen molar-refractivity contribution in [1.82, 2.24) is 5.32 Å². The van der Waals surface area contributed by atoms with Crippen LogP contribution in [-0.4, -0.2) is 23.5 Å². The fraction of sp³-hybridized carbons (Fsp3) is 0.818. The summed E-state index contributed by atoms with van der Waals surface area (Å²) in [6.45, 7) is 2.59. The molecule has 0 bridgehead atoms. The first kappa shape index (κ1) is 12.0. The van der Waals surface area contributed by atoms with Gasteiger partial charge in [-0.05, 0) is 25.7 Å². The molecule has 0 aromatic rings. The second-order valence-corrected chi connectivity index (χ2v) is 4.52. The molecule has 1 saturated carbocycles. The second kappa shape index (κ2) is 5.14. The Hall–Kier alpha value is -1.06. The van der Waals surface area contributed by atoms with Gasteiger partial charge in [-0.2, -0.15) is 0 Å². The summed E-state index contributed by atoms with van der Waals surface area (Å²) in [7, 11) is 0. The smallest absolute Gasteiger partial charge is 0.303 e. The fourth-order valence-corrected chi connectivity index (χ4v) is 1.75. The number of carbonyl (C=O) groups excluding carboxylic acids is 1. The molecule has 0 radical (unpaired) electrons. The van der Waals surface area contributed by atoms with Crippen molar-refractivity contribution in [3.63, 3.8) is 0 Å². The van der Waals surface area contributed by atoms with E-state index in [1.807, 2.05) is 6.92 Å². The number of nitrogens with one attached hydrogen (secondary N) is 1. The minimum atomic E-state index is -0.771. The zero-order valence-corrected chi connectivity index (χ0v) is 9.21. The van der Waals surface area contributed by atoms with E-state index in [1.165, 1.54) is 0 Å². The summed E-state index contributed by atoms with van der Waals surface area (Å²) in [6.07, 6.45) is 4.67. The number of carboxylic acids is 1. The molecular formula is C11H19NO3. The molecule has 15 heavy (non-hydrogen) atoms. The van der Waals surface area contributed by atoms with Gasteiger partial charge in [-0.15, -0.1) is 0 Å². The number of hydrogen-bond donors (Lipinski definition) is 2. The Morgan fingerprint density at radius 1 is 1.33 bits per heavy atom. The maximum Gasteiger partial charge on any atom is 0.303 e. The summed E-state index contributed by atoms with van der Waals surface area (Å²) in [6, 6.07) is 0. The zero-order chi connectivity index (χ0) is 11.3. The van der Waals surface area contributed by atoms with Gasteiger partial charge >= 0.3 is 5.97 Å². The van der Waals surface area contributed by atoms with Crippen molar-refractivity contribution in [3.8, 4) is 0 Å². The van der Waals surface area contributed by atoms with Gasteiger partial charge in [0.05, 0.1) is 0 Å². The largest absolute Gasteiger partial charge is 0.481 e. The van der Waals surface area contributed by atoms with Gasteiger partial charge < -0.3 is 10.4 Å². The number of rotatable bonds is 6. The van der Waals surface area contributed by atoms with Crippen molar-refractivity contribution in [2.75, 3.05) is 6.54 Å². The molecule has 0 aromatic heterocycles. The standard InChI is InChI=1S/C11H19NO3/c1-11(6-4-7-11)10(15)12-8-3-2-5-9(13)14/h2-8H2,1H3,(H,12,15)(H,13,14). The summed E-state index contributed by atoms with van der Waals surface area (Å²) >= 11 is 0. The van der Waals surface area contributed by atoms with Crippen LogP contribution in [0.3, 0.4) is 0 Å². The van der Waals surface area contributed by atoms with E-state index in [-0.39, 0.29) is 17.7 Å². The van der Waals surface area contributed by atoms with Crippen LogP contribution in [0.4, 0.5) is 0 Å². The highest BCUT2D eigenvalue weighted by Gasteiger charge is 2.38. The highest BCUT2D eigenvalue weighted by Crippen LogP contribution is 2.40. The average Bonchev–Trinajstić information content (AvgIpc) is 2.12. The molecule has 0 saturated heterocycles. The molecule has 1 amide bonds. The number of aliphatic carboxylic acids is 1. The lowest BCUT2D eigenvalue weighted by Gasteiger charge is -2.36. The highest BCUT2D eigenvalue weighted by molar-refractivity contribution is 5.82. The van der Waals surface area contributed by atoms with Gasteiger partial charge in [-0.3, -0.25) is 9.59 Å². The second-order valence-electron chi connectivity index (χ2n) is 4.52. The lowest BCUT2D eigenvalue weighted by atomic mass is 9.70. The zero-order valence-electron chi connectivity index (χ0n) is 9.21. The van der Waals surface area contributed by atoms with E-state index in [0.29, 0.717) is 13.0 Å². The van der Waals surface area contributed by atoms with Gasteiger partial charge in [0.1, 0.15) is 0 Å². The molecule has 4 nitrogen and oxygen atoms in total. The van der Waals surface area contributed by atoms with Gasteiger partial charge in [-0.25, -0.2) is 0 Å². The first-order valence-corrected chi connectivity index (χ1v) is 5.55. The predicted octanol–water partition coefficient (Wildman–Crippen LogP) is 1.55. The molecule has 1 aliphatic carbocycles. The van der Waals surface area contributed by atoms with Gasteiger partial charge in [0, 0.05) is 18.4 Å². The summed E-state index contributed by atoms with van der Waals surface area (Å²) in [5.41, 5.74) is -0.146. The summed E-state index contributed by atoms with van der Waals surface area (Å²) in [4.78, 5) is 21.8. The molecule has 2 N–H and O–H groups in total. The molecule has 4 heteroatoms. The molecule has 86 valence electrons. The summed E-state index contributed by atoms with van der Waals surface area (Å²) < 4.78 is 0. The van der Waals surface area contributed by atoms with E-state index in [9.17, 15) is 9.59 Å². The Balaban J connectivity index is 2.05. The normalized spacial score (nSPS) is 17.9. The Morgan fingerprint density at radius 3 is 2.47 bits per heavy atom. The van der Waals surface area contributed by atoms with E-state index in [0.717, 1.165) is 25.7 Å². The molecule has 0 atom stereocenters. The Labute approximate surface area is 90.0 Å².